The van der Waals surface area contributed by atoms with Gasteiger partial charge in [-0.1, -0.05) is 23.7 Å². The van der Waals surface area contributed by atoms with Gasteiger partial charge in [-0.05, 0) is 43.4 Å². The number of nitrogens with zero attached hydrogens (tertiary/aromatic N) is 5. The molecule has 192 valence electrons. The number of aliphatic carboxylic acids is 1. The van der Waals surface area contributed by atoms with Crippen molar-refractivity contribution >= 4 is 29.2 Å². The van der Waals surface area contributed by atoms with Gasteiger partial charge in [0.15, 0.2) is 0 Å². The minimum atomic E-state index is -0.833. The Balaban J connectivity index is 0.000000672. The number of hydrogen-bond donors (Lipinski definition) is 2. The van der Waals surface area contributed by atoms with Crippen molar-refractivity contribution in [3.05, 3.63) is 34.9 Å². The molecular weight excluding hydrogens is 468 g/mol. The Morgan fingerprint density at radius 3 is 2.37 bits per heavy atom. The van der Waals surface area contributed by atoms with Crippen LogP contribution >= 0.6 is 11.6 Å². The molecule has 0 aliphatic carbocycles. The van der Waals surface area contributed by atoms with Crippen LogP contribution in [0.2, 0.25) is 5.02 Å². The molecule has 0 bridgehead atoms. The number of halogens is 1. The van der Waals surface area contributed by atoms with Crippen molar-refractivity contribution in [3.63, 3.8) is 0 Å². The summed E-state index contributed by atoms with van der Waals surface area (Å²) in [5.41, 5.74) is 7.21. The van der Waals surface area contributed by atoms with Crippen molar-refractivity contribution in [3.8, 4) is 0 Å². The monoisotopic (exact) mass is 504 g/mol. The zero-order valence-corrected chi connectivity index (χ0v) is 21.2. The largest absolute Gasteiger partial charge is 0.481 e. The van der Waals surface area contributed by atoms with Crippen LogP contribution in [-0.2, 0) is 16.0 Å². The maximum Gasteiger partial charge on any atom is 0.300 e. The maximum absolute atomic E-state index is 9.00. The fraction of sp³-hybridized carbons (Fsp3) is 0.640. The number of benzene rings is 1. The van der Waals surface area contributed by atoms with Gasteiger partial charge >= 0.3 is 0 Å². The molecule has 5 rings (SSSR count). The van der Waals surface area contributed by atoms with Gasteiger partial charge in [0.1, 0.15) is 11.7 Å². The number of morpholine rings is 1. The van der Waals surface area contributed by atoms with Gasteiger partial charge in [-0.25, -0.2) is 0 Å². The molecule has 1 aromatic carbocycles. The number of amidine groups is 2. The van der Waals surface area contributed by atoms with Crippen LogP contribution < -0.4 is 5.73 Å². The van der Waals surface area contributed by atoms with E-state index < -0.39 is 5.97 Å². The third-order valence-corrected chi connectivity index (χ3v) is 7.57. The summed E-state index contributed by atoms with van der Waals surface area (Å²) in [6.07, 6.45) is 5.37. The van der Waals surface area contributed by atoms with E-state index in [0.717, 1.165) is 63.6 Å². The Bertz CT molecular complexity index is 906. The lowest BCUT2D eigenvalue weighted by Crippen LogP contribution is -2.50. The summed E-state index contributed by atoms with van der Waals surface area (Å²) in [4.78, 5) is 16.8. The molecule has 3 N–H and O–H groups in total. The lowest BCUT2D eigenvalue weighted by molar-refractivity contribution is -0.134. The molecule has 4 heterocycles. The van der Waals surface area contributed by atoms with E-state index in [1.54, 1.807) is 0 Å². The number of nitrogens with two attached hydrogens (primary N) is 1. The van der Waals surface area contributed by atoms with E-state index >= 15 is 0 Å². The van der Waals surface area contributed by atoms with Gasteiger partial charge in [0, 0.05) is 62.8 Å². The Morgan fingerprint density at radius 1 is 1.11 bits per heavy atom. The summed E-state index contributed by atoms with van der Waals surface area (Å²) >= 11 is 6.12. The van der Waals surface area contributed by atoms with E-state index in [2.05, 4.69) is 37.0 Å². The average molecular weight is 505 g/mol. The molecule has 0 radical (unpaired) electrons. The van der Waals surface area contributed by atoms with E-state index in [0.29, 0.717) is 30.4 Å². The van der Waals surface area contributed by atoms with Gasteiger partial charge in [0.05, 0.1) is 19.6 Å². The van der Waals surface area contributed by atoms with E-state index in [4.69, 9.17) is 32.0 Å². The highest BCUT2D eigenvalue weighted by Gasteiger charge is 2.40. The van der Waals surface area contributed by atoms with Gasteiger partial charge in [-0.2, -0.15) is 0 Å². The predicted molar refractivity (Wildman–Crippen MR) is 138 cm³/mol. The number of carbonyl (C=O) groups is 1. The van der Waals surface area contributed by atoms with Crippen molar-refractivity contribution in [2.24, 2.45) is 15.9 Å². The second-order valence-electron chi connectivity index (χ2n) is 9.74. The van der Waals surface area contributed by atoms with Crippen LogP contribution in [0.4, 0.5) is 0 Å². The van der Waals surface area contributed by atoms with E-state index in [1.807, 2.05) is 12.1 Å². The maximum atomic E-state index is 9.00. The van der Waals surface area contributed by atoms with Crippen molar-refractivity contribution in [1.82, 2.24) is 14.7 Å². The highest BCUT2D eigenvalue weighted by atomic mass is 35.5. The molecule has 0 aromatic heterocycles. The lowest BCUT2D eigenvalue weighted by Gasteiger charge is -2.40. The Labute approximate surface area is 212 Å². The Kier molecular flexibility index (Phi) is 8.99. The molecule has 0 spiro atoms. The van der Waals surface area contributed by atoms with Crippen molar-refractivity contribution in [2.45, 2.75) is 57.2 Å². The minimum Gasteiger partial charge on any atom is -0.481 e. The number of carboxylic acids is 1. The zero-order valence-electron chi connectivity index (χ0n) is 20.5. The van der Waals surface area contributed by atoms with E-state index in [-0.39, 0.29) is 0 Å². The summed E-state index contributed by atoms with van der Waals surface area (Å²) in [5, 5.41) is 16.5. The predicted octanol–water partition coefficient (Wildman–Crippen LogP) is 2.29. The third-order valence-electron chi connectivity index (χ3n) is 7.31. The molecule has 9 nitrogen and oxygen atoms in total. The molecule has 35 heavy (non-hydrogen) atoms. The SMILES string of the molecule is CC(=O)O.NC1=NN=C(N2CCC(N3C[C@H](N4CCOCC4)C[C@@H]3Cc3ccc(Cl)cc3)CC2)C1. The second-order valence-corrected chi connectivity index (χ2v) is 10.2. The van der Waals surface area contributed by atoms with Crippen LogP contribution in [-0.4, -0.2) is 102 Å². The summed E-state index contributed by atoms with van der Waals surface area (Å²) in [6.45, 7) is 8.18. The van der Waals surface area contributed by atoms with Gasteiger partial charge in [-0.3, -0.25) is 14.6 Å². The molecule has 4 aliphatic heterocycles. The first kappa shape index (κ1) is 25.9. The molecule has 2 atom stereocenters. The average Bonchev–Trinajstić information content (AvgIpc) is 3.47. The topological polar surface area (TPSA) is 107 Å². The number of piperidine rings is 1. The lowest BCUT2D eigenvalue weighted by atomic mass is 9.98. The van der Waals surface area contributed by atoms with Gasteiger partial charge in [0.25, 0.3) is 5.97 Å². The fourth-order valence-electron chi connectivity index (χ4n) is 5.65. The Hall–Kier alpha value is -2.20. The van der Waals surface area contributed by atoms with Crippen LogP contribution in [0.25, 0.3) is 0 Å². The molecule has 0 saturated carbocycles. The fourth-order valence-corrected chi connectivity index (χ4v) is 5.78. The van der Waals surface area contributed by atoms with Crippen LogP contribution in [0.5, 0.6) is 0 Å². The normalized spacial score (nSPS) is 26.2. The Morgan fingerprint density at radius 2 is 1.77 bits per heavy atom. The van der Waals surface area contributed by atoms with Gasteiger partial charge in [-0.15, -0.1) is 10.2 Å². The number of likely N-dealkylation sites (tertiary alicyclic amines) is 2. The van der Waals surface area contributed by atoms with Crippen molar-refractivity contribution in [1.29, 1.82) is 0 Å². The van der Waals surface area contributed by atoms with Crippen LogP contribution in [0.3, 0.4) is 0 Å². The smallest absolute Gasteiger partial charge is 0.300 e. The molecule has 1 aromatic rings. The summed E-state index contributed by atoms with van der Waals surface area (Å²) < 4.78 is 5.60. The highest BCUT2D eigenvalue weighted by molar-refractivity contribution is 6.30. The van der Waals surface area contributed by atoms with Gasteiger partial charge < -0.3 is 20.5 Å². The van der Waals surface area contributed by atoms with E-state index in [1.165, 1.54) is 31.4 Å². The first-order chi connectivity index (χ1) is 16.9. The quantitative estimate of drug-likeness (QED) is 0.647. The van der Waals surface area contributed by atoms with Crippen LogP contribution in [0.1, 0.15) is 38.2 Å². The number of rotatable bonds is 4. The first-order valence-corrected chi connectivity index (χ1v) is 12.9. The summed E-state index contributed by atoms with van der Waals surface area (Å²) in [7, 11) is 0. The first-order valence-electron chi connectivity index (χ1n) is 12.5. The summed E-state index contributed by atoms with van der Waals surface area (Å²) in [6, 6.07) is 10.2. The van der Waals surface area contributed by atoms with Crippen LogP contribution in [0, 0.1) is 0 Å². The second kappa shape index (κ2) is 12.2. The minimum absolute atomic E-state index is 0.577. The van der Waals surface area contributed by atoms with Gasteiger partial charge in [0.2, 0.25) is 0 Å². The van der Waals surface area contributed by atoms with Crippen LogP contribution in [0.15, 0.2) is 34.5 Å². The molecule has 0 amide bonds. The molecule has 3 fully saturated rings. The third kappa shape index (κ3) is 7.16. The molecule has 0 unspecified atom stereocenters. The standard InChI is InChI=1S/C23H33ClN6O.C2H4O2/c24-18-3-1-17(2-4-18)13-20-14-21(28-9-11-31-12-10-28)16-30(20)19-5-7-29(8-6-19)23-15-22(25)26-27-23;1-2(3)4/h1-4,19-21H,5-16H2,(H2,25,26);1H3,(H,3,4)/t20-,21+;/m0./s1. The number of carboxylic acid groups (broad SMARTS) is 1. The number of ether oxygens (including phenoxy) is 1. The highest BCUT2D eigenvalue weighted by Crippen LogP contribution is 2.31. The van der Waals surface area contributed by atoms with E-state index in [9.17, 15) is 0 Å². The van der Waals surface area contributed by atoms with Crippen molar-refractivity contribution < 1.29 is 14.6 Å². The molecule has 10 heteroatoms. The zero-order chi connectivity index (χ0) is 24.8. The van der Waals surface area contributed by atoms with Crippen molar-refractivity contribution in [2.75, 3.05) is 45.9 Å². The molecular formula is C25H37ClN6O3. The molecule has 4 aliphatic rings. The summed E-state index contributed by atoms with van der Waals surface area (Å²) in [5.74, 6) is 0.842. The molecule has 3 saturated heterocycles. The number of hydrogen-bond acceptors (Lipinski definition) is 8.